The Morgan fingerprint density at radius 3 is 2.60 bits per heavy atom. The Balaban J connectivity index is 2.20. The van der Waals surface area contributed by atoms with Gasteiger partial charge in [-0.25, -0.2) is 14.8 Å². The third kappa shape index (κ3) is 3.03. The molecule has 0 bridgehead atoms. The Hall–Kier alpha value is -2.63. The van der Waals surface area contributed by atoms with E-state index >= 15 is 0 Å². The minimum Gasteiger partial charge on any atom is -0.507 e. The SMILES string of the molecule is COC(=O)C(C)Oc1ccc(-c2ncccn2)c(O)c1. The number of benzene rings is 1. The molecule has 0 saturated heterocycles. The Kier molecular flexibility index (Phi) is 4.14. The number of ether oxygens (including phenoxy) is 2. The van der Waals surface area contributed by atoms with Crippen LogP contribution < -0.4 is 4.74 Å². The second kappa shape index (κ2) is 6.01. The molecule has 2 aromatic rings. The minimum atomic E-state index is -0.752. The lowest BCUT2D eigenvalue weighted by Crippen LogP contribution is -2.24. The standard InChI is InChI=1S/C14H14N2O4/c1-9(14(18)19-2)20-10-4-5-11(12(17)8-10)13-15-6-3-7-16-13/h3-9,17H,1-2H3. The fourth-order valence-corrected chi connectivity index (χ4v) is 1.63. The third-order valence-electron chi connectivity index (χ3n) is 2.62. The zero-order valence-electron chi connectivity index (χ0n) is 11.1. The maximum atomic E-state index is 11.3. The summed E-state index contributed by atoms with van der Waals surface area (Å²) in [6.07, 6.45) is 2.43. The summed E-state index contributed by atoms with van der Waals surface area (Å²) < 4.78 is 9.92. The number of hydrogen-bond acceptors (Lipinski definition) is 6. The molecule has 1 heterocycles. The van der Waals surface area contributed by atoms with E-state index in [0.29, 0.717) is 17.1 Å². The van der Waals surface area contributed by atoms with Gasteiger partial charge < -0.3 is 14.6 Å². The summed E-state index contributed by atoms with van der Waals surface area (Å²) in [5.41, 5.74) is 0.490. The molecule has 0 aliphatic rings. The lowest BCUT2D eigenvalue weighted by atomic mass is 10.2. The van der Waals surface area contributed by atoms with E-state index < -0.39 is 12.1 Å². The fourth-order valence-electron chi connectivity index (χ4n) is 1.63. The molecule has 6 nitrogen and oxygen atoms in total. The molecular weight excluding hydrogens is 260 g/mol. The van der Waals surface area contributed by atoms with Crippen LogP contribution in [0.2, 0.25) is 0 Å². The Bertz CT molecular complexity index is 601. The number of rotatable bonds is 4. The second-order valence-corrected chi connectivity index (χ2v) is 4.03. The van der Waals surface area contributed by atoms with Gasteiger partial charge in [0.05, 0.1) is 12.7 Å². The zero-order valence-corrected chi connectivity index (χ0v) is 11.1. The average Bonchev–Trinajstić information content (AvgIpc) is 2.47. The maximum Gasteiger partial charge on any atom is 0.346 e. The van der Waals surface area contributed by atoms with Crippen molar-refractivity contribution in [3.05, 3.63) is 36.7 Å². The molecule has 104 valence electrons. The van der Waals surface area contributed by atoms with E-state index in [2.05, 4.69) is 14.7 Å². The summed E-state index contributed by atoms with van der Waals surface area (Å²) in [6, 6.07) is 6.36. The van der Waals surface area contributed by atoms with E-state index in [-0.39, 0.29) is 5.75 Å². The van der Waals surface area contributed by atoms with Crippen LogP contribution in [0.3, 0.4) is 0 Å². The molecule has 1 aromatic carbocycles. The number of methoxy groups -OCH3 is 1. The van der Waals surface area contributed by atoms with Crippen LogP contribution in [0.25, 0.3) is 11.4 Å². The summed E-state index contributed by atoms with van der Waals surface area (Å²) in [4.78, 5) is 19.4. The summed E-state index contributed by atoms with van der Waals surface area (Å²) in [6.45, 7) is 1.57. The molecule has 1 aromatic heterocycles. The Labute approximate surface area is 116 Å². The van der Waals surface area contributed by atoms with Gasteiger partial charge in [0.15, 0.2) is 11.9 Å². The molecule has 0 amide bonds. The first-order valence-electron chi connectivity index (χ1n) is 5.96. The monoisotopic (exact) mass is 274 g/mol. The molecule has 0 radical (unpaired) electrons. The van der Waals surface area contributed by atoms with Gasteiger partial charge in [0, 0.05) is 18.5 Å². The number of hydrogen-bond donors (Lipinski definition) is 1. The Morgan fingerprint density at radius 1 is 1.30 bits per heavy atom. The van der Waals surface area contributed by atoms with Crippen LogP contribution in [0.4, 0.5) is 0 Å². The van der Waals surface area contributed by atoms with Gasteiger partial charge in [0.25, 0.3) is 0 Å². The van der Waals surface area contributed by atoms with Crippen molar-refractivity contribution in [1.82, 2.24) is 9.97 Å². The molecule has 0 fully saturated rings. The minimum absolute atomic E-state index is 0.0224. The largest absolute Gasteiger partial charge is 0.507 e. The van der Waals surface area contributed by atoms with Crippen LogP contribution in [-0.4, -0.2) is 34.3 Å². The molecule has 0 aliphatic heterocycles. The van der Waals surface area contributed by atoms with Crippen molar-refractivity contribution in [3.63, 3.8) is 0 Å². The van der Waals surface area contributed by atoms with E-state index in [1.165, 1.54) is 13.2 Å². The molecule has 0 spiro atoms. The van der Waals surface area contributed by atoms with Crippen molar-refractivity contribution >= 4 is 5.97 Å². The normalized spacial score (nSPS) is 11.7. The van der Waals surface area contributed by atoms with E-state index in [9.17, 15) is 9.90 Å². The fraction of sp³-hybridized carbons (Fsp3) is 0.214. The number of aromatic nitrogens is 2. The highest BCUT2D eigenvalue weighted by atomic mass is 16.6. The lowest BCUT2D eigenvalue weighted by Gasteiger charge is -2.13. The van der Waals surface area contributed by atoms with E-state index in [1.807, 2.05) is 0 Å². The smallest absolute Gasteiger partial charge is 0.346 e. The highest BCUT2D eigenvalue weighted by Crippen LogP contribution is 2.30. The van der Waals surface area contributed by atoms with Crippen molar-refractivity contribution in [3.8, 4) is 22.9 Å². The van der Waals surface area contributed by atoms with Crippen LogP contribution in [0.1, 0.15) is 6.92 Å². The first kappa shape index (κ1) is 13.8. The number of aromatic hydroxyl groups is 1. The highest BCUT2D eigenvalue weighted by Gasteiger charge is 2.16. The molecular formula is C14H14N2O4. The average molecular weight is 274 g/mol. The number of carbonyl (C=O) groups excluding carboxylic acids is 1. The number of carbonyl (C=O) groups is 1. The van der Waals surface area contributed by atoms with Gasteiger partial charge in [-0.1, -0.05) is 0 Å². The van der Waals surface area contributed by atoms with Crippen LogP contribution in [-0.2, 0) is 9.53 Å². The molecule has 20 heavy (non-hydrogen) atoms. The predicted molar refractivity (Wildman–Crippen MR) is 71.2 cm³/mol. The Morgan fingerprint density at radius 2 is 2.00 bits per heavy atom. The van der Waals surface area contributed by atoms with Crippen molar-refractivity contribution in [2.75, 3.05) is 7.11 Å². The van der Waals surface area contributed by atoms with Gasteiger partial charge in [0.1, 0.15) is 11.5 Å². The van der Waals surface area contributed by atoms with Crippen molar-refractivity contribution in [1.29, 1.82) is 0 Å². The summed E-state index contributed by atoms with van der Waals surface area (Å²) in [5, 5.41) is 9.98. The zero-order chi connectivity index (χ0) is 14.5. The maximum absolute atomic E-state index is 11.3. The predicted octanol–water partition coefficient (Wildman–Crippen LogP) is 1.79. The summed E-state index contributed by atoms with van der Waals surface area (Å²) in [5.74, 6) is 0.267. The van der Waals surface area contributed by atoms with E-state index in [1.54, 1.807) is 37.5 Å². The molecule has 6 heteroatoms. The summed E-state index contributed by atoms with van der Waals surface area (Å²) in [7, 11) is 1.29. The van der Waals surface area contributed by atoms with Gasteiger partial charge in [-0.2, -0.15) is 0 Å². The summed E-state index contributed by atoms with van der Waals surface area (Å²) >= 11 is 0. The molecule has 1 unspecified atom stereocenters. The number of esters is 1. The third-order valence-corrected chi connectivity index (χ3v) is 2.62. The van der Waals surface area contributed by atoms with Gasteiger partial charge >= 0.3 is 5.97 Å². The first-order chi connectivity index (χ1) is 9.61. The quantitative estimate of drug-likeness (QED) is 0.856. The topological polar surface area (TPSA) is 81.5 Å². The molecule has 2 rings (SSSR count). The van der Waals surface area contributed by atoms with Crippen molar-refractivity contribution in [2.45, 2.75) is 13.0 Å². The van der Waals surface area contributed by atoms with Gasteiger partial charge in [0.2, 0.25) is 0 Å². The highest BCUT2D eigenvalue weighted by molar-refractivity contribution is 5.74. The van der Waals surface area contributed by atoms with Crippen molar-refractivity contribution in [2.24, 2.45) is 0 Å². The van der Waals surface area contributed by atoms with Gasteiger partial charge in [-0.15, -0.1) is 0 Å². The number of phenolic OH excluding ortho intramolecular Hbond substituents is 1. The molecule has 1 atom stereocenters. The van der Waals surface area contributed by atoms with Gasteiger partial charge in [-0.3, -0.25) is 0 Å². The van der Waals surface area contributed by atoms with Crippen LogP contribution in [0, 0.1) is 0 Å². The number of phenols is 1. The van der Waals surface area contributed by atoms with Crippen molar-refractivity contribution < 1.29 is 19.4 Å². The van der Waals surface area contributed by atoms with Crippen LogP contribution in [0.15, 0.2) is 36.7 Å². The van der Waals surface area contributed by atoms with Crippen LogP contribution in [0.5, 0.6) is 11.5 Å². The van der Waals surface area contributed by atoms with E-state index in [4.69, 9.17) is 4.74 Å². The number of nitrogens with zero attached hydrogens (tertiary/aromatic N) is 2. The first-order valence-corrected chi connectivity index (χ1v) is 5.96. The molecule has 1 N–H and O–H groups in total. The second-order valence-electron chi connectivity index (χ2n) is 4.03. The van der Waals surface area contributed by atoms with Gasteiger partial charge in [-0.05, 0) is 25.1 Å². The van der Waals surface area contributed by atoms with E-state index in [0.717, 1.165) is 0 Å². The molecule has 0 saturated carbocycles. The lowest BCUT2D eigenvalue weighted by molar-refractivity contribution is -0.147. The van der Waals surface area contributed by atoms with Crippen LogP contribution >= 0.6 is 0 Å². The molecule has 0 aliphatic carbocycles.